The van der Waals surface area contributed by atoms with Gasteiger partial charge in [0.25, 0.3) is 0 Å². The van der Waals surface area contributed by atoms with E-state index in [1.165, 1.54) is 0 Å². The summed E-state index contributed by atoms with van der Waals surface area (Å²) >= 11 is 0. The molecule has 0 heterocycles. The molecule has 0 saturated heterocycles. The van der Waals surface area contributed by atoms with Crippen molar-refractivity contribution in [3.8, 4) is 0 Å². The van der Waals surface area contributed by atoms with E-state index < -0.39 is 10.0 Å². The fraction of sp³-hybridized carbons (Fsp3) is 0.500. The van der Waals surface area contributed by atoms with E-state index in [9.17, 15) is 8.42 Å². The van der Waals surface area contributed by atoms with Gasteiger partial charge in [0.15, 0.2) is 0 Å². The maximum Gasteiger partial charge on any atom is 0.235 e. The molecule has 1 aliphatic rings. The quantitative estimate of drug-likeness (QED) is 0.863. The second-order valence-electron chi connectivity index (χ2n) is 4.41. The molecule has 94 valence electrons. The Bertz CT molecular complexity index is 478. The fourth-order valence-corrected chi connectivity index (χ4v) is 3.76. The van der Waals surface area contributed by atoms with E-state index in [2.05, 4.69) is 4.72 Å². The lowest BCUT2D eigenvalue weighted by Gasteiger charge is -2.13. The molecular weight excluding hydrogens is 238 g/mol. The second-order valence-corrected chi connectivity index (χ2v) is 6.37. The summed E-state index contributed by atoms with van der Waals surface area (Å²) in [6.07, 6.45) is 3.47. The minimum Gasteiger partial charge on any atom is -0.392 e. The average molecular weight is 255 g/mol. The van der Waals surface area contributed by atoms with Crippen LogP contribution < -0.4 is 4.72 Å². The predicted octanol–water partition coefficient (Wildman–Crippen LogP) is 1.86. The van der Waals surface area contributed by atoms with E-state index in [-0.39, 0.29) is 11.9 Å². The minimum absolute atomic E-state index is 0.0843. The van der Waals surface area contributed by atoms with Gasteiger partial charge in [-0.05, 0) is 30.5 Å². The zero-order valence-electron chi connectivity index (χ0n) is 9.59. The van der Waals surface area contributed by atoms with Crippen molar-refractivity contribution in [2.45, 2.75) is 37.5 Å². The molecule has 0 bridgehead atoms. The fourth-order valence-electron chi connectivity index (χ4n) is 2.18. The normalized spacial score (nSPS) is 17.2. The molecule has 1 saturated carbocycles. The first-order chi connectivity index (χ1) is 8.12. The first kappa shape index (κ1) is 12.4. The van der Waals surface area contributed by atoms with Gasteiger partial charge in [0.05, 0.1) is 11.9 Å². The second kappa shape index (κ2) is 5.06. The van der Waals surface area contributed by atoms with Crippen LogP contribution in [0.4, 0.5) is 5.69 Å². The maximum absolute atomic E-state index is 12.0. The van der Waals surface area contributed by atoms with Crippen LogP contribution in [0.1, 0.15) is 31.2 Å². The number of aliphatic hydroxyl groups is 1. The average Bonchev–Trinajstić information content (AvgIpc) is 2.83. The third-order valence-electron chi connectivity index (χ3n) is 3.11. The summed E-state index contributed by atoms with van der Waals surface area (Å²) in [5.74, 6) is 0. The Hall–Kier alpha value is -1.07. The Kier molecular flexibility index (Phi) is 3.69. The molecule has 4 nitrogen and oxygen atoms in total. The zero-order valence-corrected chi connectivity index (χ0v) is 10.4. The molecule has 2 rings (SSSR count). The standard InChI is InChI=1S/C12H17NO3S/c14-9-10-4-3-5-11(8-10)13-17(15,16)12-6-1-2-7-12/h3-5,8,12-14H,1-2,6-7,9H2. The van der Waals surface area contributed by atoms with Crippen LogP contribution in [0, 0.1) is 0 Å². The van der Waals surface area contributed by atoms with Gasteiger partial charge in [-0.2, -0.15) is 0 Å². The topological polar surface area (TPSA) is 66.4 Å². The van der Waals surface area contributed by atoms with Crippen molar-refractivity contribution in [1.29, 1.82) is 0 Å². The lowest BCUT2D eigenvalue weighted by molar-refractivity contribution is 0.282. The van der Waals surface area contributed by atoms with Crippen LogP contribution in [0.25, 0.3) is 0 Å². The predicted molar refractivity (Wildman–Crippen MR) is 67.2 cm³/mol. The van der Waals surface area contributed by atoms with Gasteiger partial charge in [-0.1, -0.05) is 25.0 Å². The Balaban J connectivity index is 2.13. The summed E-state index contributed by atoms with van der Waals surface area (Å²) in [4.78, 5) is 0. The molecule has 0 spiro atoms. The van der Waals surface area contributed by atoms with Crippen LogP contribution in [-0.2, 0) is 16.6 Å². The Morgan fingerprint density at radius 1 is 1.29 bits per heavy atom. The zero-order chi connectivity index (χ0) is 12.3. The number of aliphatic hydroxyl groups excluding tert-OH is 1. The first-order valence-electron chi connectivity index (χ1n) is 5.83. The van der Waals surface area contributed by atoms with Crippen molar-refractivity contribution >= 4 is 15.7 Å². The molecule has 0 aliphatic heterocycles. The lowest BCUT2D eigenvalue weighted by Crippen LogP contribution is -2.25. The Labute approximate surface area is 102 Å². The van der Waals surface area contributed by atoms with Crippen LogP contribution in [0.15, 0.2) is 24.3 Å². The highest BCUT2D eigenvalue weighted by atomic mass is 32.2. The molecular formula is C12H17NO3S. The van der Waals surface area contributed by atoms with E-state index in [1.54, 1.807) is 24.3 Å². The number of hydrogen-bond donors (Lipinski definition) is 2. The number of nitrogens with one attached hydrogen (secondary N) is 1. The Morgan fingerprint density at radius 2 is 2.00 bits per heavy atom. The summed E-state index contributed by atoms with van der Waals surface area (Å²) in [5, 5.41) is 8.73. The summed E-state index contributed by atoms with van der Waals surface area (Å²) in [6.45, 7) is -0.0843. The Morgan fingerprint density at radius 3 is 2.65 bits per heavy atom. The molecule has 1 aliphatic carbocycles. The molecule has 5 heteroatoms. The first-order valence-corrected chi connectivity index (χ1v) is 7.38. The van der Waals surface area contributed by atoms with Gasteiger partial charge in [-0.3, -0.25) is 4.72 Å². The molecule has 1 aromatic carbocycles. The SMILES string of the molecule is O=S(=O)(Nc1cccc(CO)c1)C1CCCC1. The molecule has 0 atom stereocenters. The largest absolute Gasteiger partial charge is 0.392 e. The number of hydrogen-bond acceptors (Lipinski definition) is 3. The van der Waals surface area contributed by atoms with Gasteiger partial charge >= 0.3 is 0 Å². The molecule has 1 aromatic rings. The van der Waals surface area contributed by atoms with Crippen molar-refractivity contribution in [1.82, 2.24) is 0 Å². The van der Waals surface area contributed by atoms with Gasteiger partial charge < -0.3 is 5.11 Å². The molecule has 0 amide bonds. The smallest absolute Gasteiger partial charge is 0.235 e. The lowest BCUT2D eigenvalue weighted by atomic mass is 10.2. The number of benzene rings is 1. The van der Waals surface area contributed by atoms with Crippen LogP contribution in [-0.4, -0.2) is 18.8 Å². The monoisotopic (exact) mass is 255 g/mol. The van der Waals surface area contributed by atoms with Gasteiger partial charge in [0.1, 0.15) is 0 Å². The molecule has 0 aromatic heterocycles. The molecule has 0 unspecified atom stereocenters. The van der Waals surface area contributed by atoms with Gasteiger partial charge in [0, 0.05) is 5.69 Å². The van der Waals surface area contributed by atoms with Crippen LogP contribution in [0.3, 0.4) is 0 Å². The van der Waals surface area contributed by atoms with E-state index in [4.69, 9.17) is 5.11 Å². The van der Waals surface area contributed by atoms with Crippen LogP contribution in [0.5, 0.6) is 0 Å². The highest BCUT2D eigenvalue weighted by Crippen LogP contribution is 2.26. The van der Waals surface area contributed by atoms with Gasteiger partial charge in [-0.25, -0.2) is 8.42 Å². The summed E-state index contributed by atoms with van der Waals surface area (Å²) in [6, 6.07) is 6.85. The third kappa shape index (κ3) is 2.98. The van der Waals surface area contributed by atoms with Crippen LogP contribution >= 0.6 is 0 Å². The maximum atomic E-state index is 12.0. The van der Waals surface area contributed by atoms with Crippen molar-refractivity contribution in [2.75, 3.05) is 4.72 Å². The third-order valence-corrected chi connectivity index (χ3v) is 4.98. The summed E-state index contributed by atoms with van der Waals surface area (Å²) < 4.78 is 26.7. The van der Waals surface area contributed by atoms with Gasteiger partial charge in [0.2, 0.25) is 10.0 Å². The number of anilines is 1. The highest BCUT2D eigenvalue weighted by molar-refractivity contribution is 7.93. The molecule has 2 N–H and O–H groups in total. The van der Waals surface area contributed by atoms with E-state index >= 15 is 0 Å². The molecule has 1 fully saturated rings. The van der Waals surface area contributed by atoms with Crippen LogP contribution in [0.2, 0.25) is 0 Å². The van der Waals surface area contributed by atoms with Crippen molar-refractivity contribution in [3.63, 3.8) is 0 Å². The van der Waals surface area contributed by atoms with Crippen molar-refractivity contribution in [2.24, 2.45) is 0 Å². The summed E-state index contributed by atoms with van der Waals surface area (Å²) in [7, 11) is -3.27. The van der Waals surface area contributed by atoms with E-state index in [0.717, 1.165) is 25.7 Å². The highest BCUT2D eigenvalue weighted by Gasteiger charge is 2.28. The van der Waals surface area contributed by atoms with E-state index in [0.29, 0.717) is 11.3 Å². The van der Waals surface area contributed by atoms with E-state index in [1.807, 2.05) is 0 Å². The molecule has 17 heavy (non-hydrogen) atoms. The summed E-state index contributed by atoms with van der Waals surface area (Å²) in [5.41, 5.74) is 1.24. The van der Waals surface area contributed by atoms with Crippen molar-refractivity contribution < 1.29 is 13.5 Å². The van der Waals surface area contributed by atoms with Crippen molar-refractivity contribution in [3.05, 3.63) is 29.8 Å². The number of rotatable bonds is 4. The number of sulfonamides is 1. The van der Waals surface area contributed by atoms with Gasteiger partial charge in [-0.15, -0.1) is 0 Å². The molecule has 0 radical (unpaired) electrons. The minimum atomic E-state index is -3.27.